The Morgan fingerprint density at radius 3 is 2.47 bits per heavy atom. The molecule has 0 radical (unpaired) electrons. The van der Waals surface area contributed by atoms with Gasteiger partial charge < -0.3 is 28.4 Å². The average molecular weight is 452 g/mol. The molecule has 1 aliphatic rings. The molecule has 0 fully saturated rings. The summed E-state index contributed by atoms with van der Waals surface area (Å²) in [6, 6.07) is 3.21. The topological polar surface area (TPSA) is 89.5 Å². The first-order chi connectivity index (χ1) is 15.4. The molecule has 176 valence electrons. The lowest BCUT2D eigenvalue weighted by Crippen LogP contribution is -2.37. The first-order valence-corrected chi connectivity index (χ1v) is 10.0. The van der Waals surface area contributed by atoms with Crippen LogP contribution in [-0.2, 0) is 23.7 Å². The predicted octanol–water partition coefficient (Wildman–Crippen LogP) is 3.48. The van der Waals surface area contributed by atoms with Crippen molar-refractivity contribution in [2.75, 3.05) is 35.2 Å². The maximum Gasteiger partial charge on any atom is 0.342 e. The molecule has 0 amide bonds. The highest BCUT2D eigenvalue weighted by molar-refractivity contribution is 5.98. The van der Waals surface area contributed by atoms with E-state index < -0.39 is 35.9 Å². The Labute approximate surface area is 186 Å². The monoisotopic (exact) mass is 452 g/mol. The van der Waals surface area contributed by atoms with Gasteiger partial charge in [-0.25, -0.2) is 9.18 Å². The van der Waals surface area contributed by atoms with Gasteiger partial charge in [0.05, 0.1) is 13.2 Å². The van der Waals surface area contributed by atoms with Gasteiger partial charge in [-0.3, -0.25) is 4.79 Å². The van der Waals surface area contributed by atoms with Crippen LogP contribution in [0.1, 0.15) is 35.7 Å². The van der Waals surface area contributed by atoms with Gasteiger partial charge in [-0.15, -0.1) is 0 Å². The molecular weight excluding hydrogens is 423 g/mol. The standard InChI is InChI=1S/C23H29FO8/c1-14-9-10-17(24)21(25)22(30-5)18(29-4)8-6-7-15-11-16(28-3)12-19(31-13-27-2)20(15)23(26)32-14/h6-7,10-12,14,18,22H,8-9,13H2,1-5H3/b7-6+,17-10+/t14?,18-,22?/m0/s1. The third kappa shape index (κ3) is 6.38. The SMILES string of the molecule is COCOc1cc(OC)cc2c1C(=O)OC(C)C/C=C(/F)C(=O)C(OC)[C@@H](OC)C/C=C/2. The fraction of sp³-hybridized carbons (Fsp3) is 0.478. The zero-order chi connectivity index (χ0) is 23.7. The number of fused-ring (bicyclic) bond motifs is 1. The summed E-state index contributed by atoms with van der Waals surface area (Å²) in [4.78, 5) is 25.5. The number of cyclic esters (lactones) is 1. The molecule has 0 saturated carbocycles. The van der Waals surface area contributed by atoms with E-state index in [2.05, 4.69) is 0 Å². The predicted molar refractivity (Wildman–Crippen MR) is 114 cm³/mol. The first kappa shape index (κ1) is 25.5. The van der Waals surface area contributed by atoms with E-state index in [-0.39, 0.29) is 30.9 Å². The van der Waals surface area contributed by atoms with Gasteiger partial charge in [-0.05, 0) is 31.1 Å². The van der Waals surface area contributed by atoms with Crippen LogP contribution in [0.2, 0.25) is 0 Å². The summed E-state index contributed by atoms with van der Waals surface area (Å²) < 4.78 is 46.4. The van der Waals surface area contributed by atoms with Gasteiger partial charge in [0, 0.05) is 33.8 Å². The van der Waals surface area contributed by atoms with Crippen molar-refractivity contribution in [2.24, 2.45) is 0 Å². The van der Waals surface area contributed by atoms with E-state index >= 15 is 0 Å². The van der Waals surface area contributed by atoms with Crippen molar-refractivity contribution in [1.82, 2.24) is 0 Å². The van der Waals surface area contributed by atoms with E-state index in [1.165, 1.54) is 28.4 Å². The van der Waals surface area contributed by atoms with Crippen molar-refractivity contribution in [3.05, 3.63) is 41.2 Å². The van der Waals surface area contributed by atoms with Gasteiger partial charge in [0.2, 0.25) is 5.78 Å². The van der Waals surface area contributed by atoms with Crippen LogP contribution in [0, 0.1) is 0 Å². The summed E-state index contributed by atoms with van der Waals surface area (Å²) in [7, 11) is 5.68. The van der Waals surface area contributed by atoms with Crippen LogP contribution in [0.4, 0.5) is 4.39 Å². The van der Waals surface area contributed by atoms with E-state index in [0.29, 0.717) is 11.3 Å². The highest BCUT2D eigenvalue weighted by Gasteiger charge is 2.31. The number of rotatable bonds is 6. The van der Waals surface area contributed by atoms with Gasteiger partial charge >= 0.3 is 5.97 Å². The Morgan fingerprint density at radius 2 is 1.84 bits per heavy atom. The highest BCUT2D eigenvalue weighted by atomic mass is 19.1. The minimum atomic E-state index is -1.13. The normalized spacial score (nSPS) is 25.1. The molecule has 1 aromatic carbocycles. The van der Waals surface area contributed by atoms with Crippen LogP contribution >= 0.6 is 0 Å². The first-order valence-electron chi connectivity index (χ1n) is 10.0. The van der Waals surface area contributed by atoms with E-state index in [1.807, 2.05) is 0 Å². The second-order valence-electron chi connectivity index (χ2n) is 7.08. The fourth-order valence-electron chi connectivity index (χ4n) is 3.21. The number of halogens is 1. The number of methoxy groups -OCH3 is 4. The number of hydrogen-bond acceptors (Lipinski definition) is 8. The van der Waals surface area contributed by atoms with Gasteiger partial charge in [-0.2, -0.15) is 0 Å². The largest absolute Gasteiger partial charge is 0.497 e. The quantitative estimate of drug-likeness (QED) is 0.479. The number of Topliss-reactive ketones (excluding diaryl/α,β-unsaturated/α-hetero) is 1. The molecule has 3 atom stereocenters. The molecule has 9 heteroatoms. The van der Waals surface area contributed by atoms with Gasteiger partial charge in [0.1, 0.15) is 29.3 Å². The highest BCUT2D eigenvalue weighted by Crippen LogP contribution is 2.32. The van der Waals surface area contributed by atoms with E-state index in [9.17, 15) is 14.0 Å². The molecule has 2 rings (SSSR count). The maximum atomic E-state index is 14.5. The zero-order valence-corrected chi connectivity index (χ0v) is 18.9. The molecule has 0 saturated heterocycles. The maximum absolute atomic E-state index is 14.5. The number of ether oxygens (including phenoxy) is 6. The van der Waals surface area contributed by atoms with E-state index in [0.717, 1.165) is 6.08 Å². The van der Waals surface area contributed by atoms with E-state index in [4.69, 9.17) is 28.4 Å². The van der Waals surface area contributed by atoms with Crippen molar-refractivity contribution >= 4 is 17.8 Å². The lowest BCUT2D eigenvalue weighted by Gasteiger charge is -2.23. The molecule has 8 nitrogen and oxygen atoms in total. The van der Waals surface area contributed by atoms with Crippen LogP contribution < -0.4 is 9.47 Å². The number of benzene rings is 1. The number of esters is 1. The molecule has 0 aliphatic carbocycles. The Kier molecular flexibility index (Phi) is 9.83. The lowest BCUT2D eigenvalue weighted by molar-refractivity contribution is -0.134. The van der Waals surface area contributed by atoms with Crippen LogP contribution in [-0.4, -0.2) is 65.3 Å². The average Bonchev–Trinajstić information content (AvgIpc) is 2.79. The molecule has 0 spiro atoms. The van der Waals surface area contributed by atoms with Crippen LogP contribution in [0.25, 0.3) is 6.08 Å². The Balaban J connectivity index is 2.58. The second kappa shape index (κ2) is 12.3. The summed E-state index contributed by atoms with van der Waals surface area (Å²) >= 11 is 0. The summed E-state index contributed by atoms with van der Waals surface area (Å²) in [5, 5.41) is 0. The Hall–Kier alpha value is -2.75. The molecule has 0 aromatic heterocycles. The van der Waals surface area contributed by atoms with Crippen LogP contribution in [0.5, 0.6) is 11.5 Å². The minimum absolute atomic E-state index is 0.00696. The minimum Gasteiger partial charge on any atom is -0.497 e. The zero-order valence-electron chi connectivity index (χ0n) is 18.9. The fourth-order valence-corrected chi connectivity index (χ4v) is 3.21. The summed E-state index contributed by atoms with van der Waals surface area (Å²) in [5.74, 6) is -1.80. The van der Waals surface area contributed by atoms with Gasteiger partial charge in [0.25, 0.3) is 0 Å². The molecule has 0 bridgehead atoms. The lowest BCUT2D eigenvalue weighted by atomic mass is 10.0. The van der Waals surface area contributed by atoms with Crippen molar-refractivity contribution in [1.29, 1.82) is 0 Å². The van der Waals surface area contributed by atoms with Crippen molar-refractivity contribution in [2.45, 2.75) is 38.1 Å². The van der Waals surface area contributed by atoms with E-state index in [1.54, 1.807) is 31.2 Å². The smallest absolute Gasteiger partial charge is 0.342 e. The molecule has 1 aliphatic heterocycles. The molecular formula is C23H29FO8. The summed E-state index contributed by atoms with van der Waals surface area (Å²) in [6.07, 6.45) is 2.05. The Morgan fingerprint density at radius 1 is 1.09 bits per heavy atom. The van der Waals surface area contributed by atoms with Gasteiger partial charge in [0.15, 0.2) is 12.6 Å². The summed E-state index contributed by atoms with van der Waals surface area (Å²) in [5.41, 5.74) is 0.641. The molecule has 0 N–H and O–H groups in total. The molecule has 1 heterocycles. The molecule has 32 heavy (non-hydrogen) atoms. The third-order valence-electron chi connectivity index (χ3n) is 4.87. The van der Waals surface area contributed by atoms with Crippen molar-refractivity contribution < 1.29 is 42.4 Å². The summed E-state index contributed by atoms with van der Waals surface area (Å²) in [6.45, 7) is 1.50. The van der Waals surface area contributed by atoms with Crippen molar-refractivity contribution in [3.8, 4) is 11.5 Å². The third-order valence-corrected chi connectivity index (χ3v) is 4.87. The van der Waals surface area contributed by atoms with Crippen LogP contribution in [0.3, 0.4) is 0 Å². The number of ketones is 1. The molecule has 1 aromatic rings. The van der Waals surface area contributed by atoms with Crippen LogP contribution in [0.15, 0.2) is 30.1 Å². The number of carbonyl (C=O) groups excluding carboxylic acids is 2. The number of carbonyl (C=O) groups is 2. The Bertz CT molecular complexity index is 864. The second-order valence-corrected chi connectivity index (χ2v) is 7.08. The van der Waals surface area contributed by atoms with Crippen molar-refractivity contribution in [3.63, 3.8) is 0 Å². The van der Waals surface area contributed by atoms with Gasteiger partial charge in [-0.1, -0.05) is 12.2 Å². The number of hydrogen-bond donors (Lipinski definition) is 0. The molecule has 2 unspecified atom stereocenters.